The smallest absolute Gasteiger partial charge is 0.146 e. The highest BCUT2D eigenvalue weighted by molar-refractivity contribution is 6.31. The molecule has 0 unspecified atom stereocenters. The van der Waals surface area contributed by atoms with E-state index in [9.17, 15) is 5.26 Å². The molecule has 0 saturated heterocycles. The summed E-state index contributed by atoms with van der Waals surface area (Å²) in [5.74, 6) is 1.26. The van der Waals surface area contributed by atoms with Crippen molar-refractivity contribution in [2.45, 2.75) is 6.92 Å². The molecule has 19 heavy (non-hydrogen) atoms. The number of hydrogen-bond donors (Lipinski definition) is 1. The van der Waals surface area contributed by atoms with Crippen LogP contribution in [0.4, 0.5) is 11.5 Å². The second-order valence-corrected chi connectivity index (χ2v) is 4.45. The molecule has 0 saturated carbocycles. The summed E-state index contributed by atoms with van der Waals surface area (Å²) < 4.78 is 6.88. The number of aryl methyl sites for hydroxylation is 2. The zero-order valence-corrected chi connectivity index (χ0v) is 11.6. The van der Waals surface area contributed by atoms with Gasteiger partial charge in [-0.15, -0.1) is 0 Å². The van der Waals surface area contributed by atoms with Crippen molar-refractivity contribution in [3.63, 3.8) is 0 Å². The average Bonchev–Trinajstić information content (AvgIpc) is 2.64. The fourth-order valence-corrected chi connectivity index (χ4v) is 2.01. The summed E-state index contributed by atoms with van der Waals surface area (Å²) >= 11 is 5.98. The number of nitrogens with zero attached hydrogens (tertiary/aromatic N) is 3. The zero-order valence-electron chi connectivity index (χ0n) is 10.9. The lowest BCUT2D eigenvalue weighted by molar-refractivity contribution is 0.417. The van der Waals surface area contributed by atoms with Crippen LogP contribution < -0.4 is 10.1 Å². The van der Waals surface area contributed by atoms with E-state index in [-0.39, 0.29) is 0 Å². The maximum absolute atomic E-state index is 9.17. The maximum Gasteiger partial charge on any atom is 0.146 e. The highest BCUT2D eigenvalue weighted by Crippen LogP contribution is 2.31. The van der Waals surface area contributed by atoms with Gasteiger partial charge >= 0.3 is 0 Å². The van der Waals surface area contributed by atoms with Gasteiger partial charge in [0.15, 0.2) is 0 Å². The van der Waals surface area contributed by atoms with E-state index in [1.165, 1.54) is 0 Å². The van der Waals surface area contributed by atoms with Crippen molar-refractivity contribution in [3.05, 3.63) is 34.5 Å². The van der Waals surface area contributed by atoms with Crippen LogP contribution in [0.25, 0.3) is 0 Å². The molecule has 0 spiro atoms. The summed E-state index contributed by atoms with van der Waals surface area (Å²) in [4.78, 5) is 0. The molecule has 0 radical (unpaired) electrons. The minimum Gasteiger partial charge on any atom is -0.495 e. The summed E-state index contributed by atoms with van der Waals surface area (Å²) in [6.45, 7) is 1.79. The predicted molar refractivity (Wildman–Crippen MR) is 73.9 cm³/mol. The fourth-order valence-electron chi connectivity index (χ4n) is 1.84. The molecule has 1 aromatic heterocycles. The first-order chi connectivity index (χ1) is 9.06. The van der Waals surface area contributed by atoms with Crippen molar-refractivity contribution in [3.8, 4) is 11.8 Å². The molecule has 6 heteroatoms. The Bertz CT molecular complexity index is 657. The van der Waals surface area contributed by atoms with E-state index in [0.717, 1.165) is 0 Å². The van der Waals surface area contributed by atoms with Gasteiger partial charge < -0.3 is 10.1 Å². The van der Waals surface area contributed by atoms with E-state index < -0.39 is 0 Å². The Kier molecular flexibility index (Phi) is 3.63. The Hall–Kier alpha value is -2.19. The summed E-state index contributed by atoms with van der Waals surface area (Å²) in [6, 6.07) is 7.38. The molecule has 1 heterocycles. The third-order valence-electron chi connectivity index (χ3n) is 2.75. The molecule has 5 nitrogen and oxygen atoms in total. The molecule has 0 aliphatic rings. The monoisotopic (exact) mass is 276 g/mol. The molecule has 1 N–H and O–H groups in total. The Morgan fingerprint density at radius 3 is 2.84 bits per heavy atom. The van der Waals surface area contributed by atoms with E-state index >= 15 is 0 Å². The Morgan fingerprint density at radius 2 is 2.21 bits per heavy atom. The predicted octanol–water partition coefficient (Wildman–Crippen LogP) is 3.01. The molecular formula is C13H13ClN4O. The highest BCUT2D eigenvalue weighted by Gasteiger charge is 2.14. The minimum atomic E-state index is 0.504. The maximum atomic E-state index is 9.17. The standard InChI is InChI=1S/C13H13ClN4O/c1-8-10(7-15)13(18(2)17-8)16-11-6-9(14)4-5-12(11)19-3/h4-6,16H,1-3H3. The molecular weight excluding hydrogens is 264 g/mol. The minimum absolute atomic E-state index is 0.504. The normalized spacial score (nSPS) is 10.1. The van der Waals surface area contributed by atoms with Crippen LogP contribution in [-0.2, 0) is 7.05 Å². The van der Waals surface area contributed by atoms with E-state index in [4.69, 9.17) is 16.3 Å². The number of hydrogen-bond acceptors (Lipinski definition) is 4. The lowest BCUT2D eigenvalue weighted by Gasteiger charge is -2.11. The number of nitrogens with one attached hydrogen (secondary N) is 1. The number of methoxy groups -OCH3 is 1. The van der Waals surface area contributed by atoms with Gasteiger partial charge in [0.1, 0.15) is 23.2 Å². The Morgan fingerprint density at radius 1 is 1.47 bits per heavy atom. The van der Waals surface area contributed by atoms with Crippen LogP contribution in [-0.4, -0.2) is 16.9 Å². The van der Waals surface area contributed by atoms with Crippen LogP contribution in [0, 0.1) is 18.3 Å². The third-order valence-corrected chi connectivity index (χ3v) is 2.98. The van der Waals surface area contributed by atoms with Crippen molar-refractivity contribution < 1.29 is 4.74 Å². The summed E-state index contributed by atoms with van der Waals surface area (Å²) in [5.41, 5.74) is 1.87. The van der Waals surface area contributed by atoms with Crippen LogP contribution in [0.1, 0.15) is 11.3 Å². The molecule has 0 aliphatic carbocycles. The topological polar surface area (TPSA) is 62.9 Å². The van der Waals surface area contributed by atoms with Gasteiger partial charge in [0.25, 0.3) is 0 Å². The van der Waals surface area contributed by atoms with Crippen molar-refractivity contribution in [1.29, 1.82) is 5.26 Å². The average molecular weight is 277 g/mol. The molecule has 98 valence electrons. The van der Waals surface area contributed by atoms with E-state index in [0.29, 0.717) is 33.5 Å². The third kappa shape index (κ3) is 2.49. The van der Waals surface area contributed by atoms with Gasteiger partial charge in [-0.1, -0.05) is 11.6 Å². The molecule has 0 bridgehead atoms. The van der Waals surface area contributed by atoms with Crippen LogP contribution >= 0.6 is 11.6 Å². The first-order valence-corrected chi connectivity index (χ1v) is 5.99. The molecule has 2 aromatic rings. The Labute approximate surface area is 116 Å². The van der Waals surface area contributed by atoms with Gasteiger partial charge in [0.2, 0.25) is 0 Å². The van der Waals surface area contributed by atoms with Gasteiger partial charge in [-0.25, -0.2) is 0 Å². The van der Waals surface area contributed by atoms with Gasteiger partial charge in [-0.3, -0.25) is 4.68 Å². The second kappa shape index (κ2) is 5.21. The van der Waals surface area contributed by atoms with Gasteiger partial charge in [0, 0.05) is 12.1 Å². The lowest BCUT2D eigenvalue weighted by atomic mass is 10.2. The number of ether oxygens (including phenoxy) is 1. The summed E-state index contributed by atoms with van der Waals surface area (Å²) in [6.07, 6.45) is 0. The number of halogens is 1. The van der Waals surface area contributed by atoms with Crippen molar-refractivity contribution in [2.24, 2.45) is 7.05 Å². The number of aromatic nitrogens is 2. The van der Waals surface area contributed by atoms with Crippen LogP contribution in [0.15, 0.2) is 18.2 Å². The number of benzene rings is 1. The summed E-state index contributed by atoms with van der Waals surface area (Å²) in [7, 11) is 3.35. The molecule has 0 atom stereocenters. The van der Waals surface area contributed by atoms with Crippen molar-refractivity contribution in [2.75, 3.05) is 12.4 Å². The largest absolute Gasteiger partial charge is 0.495 e. The number of anilines is 2. The van der Waals surface area contributed by atoms with Crippen molar-refractivity contribution in [1.82, 2.24) is 9.78 Å². The fraction of sp³-hybridized carbons (Fsp3) is 0.231. The molecule has 1 aromatic carbocycles. The van der Waals surface area contributed by atoms with Gasteiger partial charge in [-0.2, -0.15) is 10.4 Å². The van der Waals surface area contributed by atoms with Crippen LogP contribution in [0.5, 0.6) is 5.75 Å². The number of nitriles is 1. The summed E-state index contributed by atoms with van der Waals surface area (Å²) in [5, 5.41) is 17.1. The first kappa shape index (κ1) is 13.2. The second-order valence-electron chi connectivity index (χ2n) is 4.01. The van der Waals surface area contributed by atoms with Crippen LogP contribution in [0.2, 0.25) is 5.02 Å². The van der Waals surface area contributed by atoms with E-state index in [2.05, 4.69) is 16.5 Å². The van der Waals surface area contributed by atoms with E-state index in [1.54, 1.807) is 44.0 Å². The lowest BCUT2D eigenvalue weighted by Crippen LogP contribution is -2.02. The van der Waals surface area contributed by atoms with Crippen LogP contribution in [0.3, 0.4) is 0 Å². The SMILES string of the molecule is COc1ccc(Cl)cc1Nc1c(C#N)c(C)nn1C. The van der Waals surface area contributed by atoms with E-state index in [1.807, 2.05) is 0 Å². The van der Waals surface area contributed by atoms with Crippen molar-refractivity contribution >= 4 is 23.1 Å². The quantitative estimate of drug-likeness (QED) is 0.936. The molecule has 0 fully saturated rings. The molecule has 2 rings (SSSR count). The first-order valence-electron chi connectivity index (χ1n) is 5.61. The number of rotatable bonds is 3. The van der Waals surface area contributed by atoms with Gasteiger partial charge in [-0.05, 0) is 25.1 Å². The van der Waals surface area contributed by atoms with Gasteiger partial charge in [0.05, 0.1) is 18.5 Å². The molecule has 0 aliphatic heterocycles. The Balaban J connectivity index is 2.47. The molecule has 0 amide bonds. The highest BCUT2D eigenvalue weighted by atomic mass is 35.5. The zero-order chi connectivity index (χ0) is 14.0.